The molecule has 0 aliphatic carbocycles. The molecule has 1 rings (SSSR count). The molecule has 82 valence electrons. The molecule has 0 heterocycles. The molecule has 0 bridgehead atoms. The predicted molar refractivity (Wildman–Crippen MR) is 64.3 cm³/mol. The number of hydrogen-bond donors (Lipinski definition) is 1. The molecule has 15 heavy (non-hydrogen) atoms. The van der Waals surface area contributed by atoms with Gasteiger partial charge in [-0.05, 0) is 44.0 Å². The molecule has 1 aromatic carbocycles. The number of aryl methyl sites for hydroxylation is 2. The van der Waals surface area contributed by atoms with Crippen LogP contribution in [0.1, 0.15) is 18.1 Å². The average Bonchev–Trinajstić information content (AvgIpc) is 2.14. The van der Waals surface area contributed by atoms with Crippen LogP contribution >= 0.6 is 15.9 Å². The van der Waals surface area contributed by atoms with E-state index in [9.17, 15) is 4.79 Å². The first-order valence-corrected chi connectivity index (χ1v) is 5.54. The van der Waals surface area contributed by atoms with Gasteiger partial charge in [0.1, 0.15) is 0 Å². The summed E-state index contributed by atoms with van der Waals surface area (Å²) >= 11 is 3.47. The maximum atomic E-state index is 11.2. The molecule has 1 amide bonds. The highest BCUT2D eigenvalue weighted by Crippen LogP contribution is 2.24. The Balaban J connectivity index is 2.83. The number of halogens is 1. The maximum absolute atomic E-state index is 11.2. The van der Waals surface area contributed by atoms with E-state index in [1.807, 2.05) is 26.0 Å². The zero-order valence-corrected chi connectivity index (χ0v) is 10.6. The summed E-state index contributed by atoms with van der Waals surface area (Å²) in [6.45, 7) is 6.11. The second kappa shape index (κ2) is 5.16. The average molecular weight is 272 g/mol. The van der Waals surface area contributed by atoms with Crippen molar-refractivity contribution in [2.75, 3.05) is 11.9 Å². The quantitative estimate of drug-likeness (QED) is 0.892. The van der Waals surface area contributed by atoms with Crippen molar-refractivity contribution in [3.8, 4) is 0 Å². The van der Waals surface area contributed by atoms with E-state index in [0.717, 1.165) is 21.3 Å². The minimum absolute atomic E-state index is 0.375. The van der Waals surface area contributed by atoms with Crippen molar-refractivity contribution < 1.29 is 9.53 Å². The van der Waals surface area contributed by atoms with Crippen molar-refractivity contribution in [1.82, 2.24) is 0 Å². The van der Waals surface area contributed by atoms with E-state index in [0.29, 0.717) is 6.61 Å². The van der Waals surface area contributed by atoms with Gasteiger partial charge >= 0.3 is 6.09 Å². The second-order valence-electron chi connectivity index (χ2n) is 3.27. The molecule has 0 saturated carbocycles. The Labute approximate surface area is 97.9 Å². The summed E-state index contributed by atoms with van der Waals surface area (Å²) in [6, 6.07) is 3.79. The van der Waals surface area contributed by atoms with E-state index >= 15 is 0 Å². The Morgan fingerprint density at radius 3 is 2.40 bits per heavy atom. The van der Waals surface area contributed by atoms with Crippen LogP contribution in [0.2, 0.25) is 0 Å². The highest BCUT2D eigenvalue weighted by atomic mass is 79.9. The van der Waals surface area contributed by atoms with Gasteiger partial charge in [-0.2, -0.15) is 0 Å². The number of carbonyl (C=O) groups excluding carboxylic acids is 1. The van der Waals surface area contributed by atoms with Gasteiger partial charge in [-0.1, -0.05) is 15.9 Å². The van der Waals surface area contributed by atoms with Gasteiger partial charge in [-0.3, -0.25) is 5.32 Å². The monoisotopic (exact) mass is 271 g/mol. The van der Waals surface area contributed by atoms with Gasteiger partial charge in [-0.25, -0.2) is 4.79 Å². The van der Waals surface area contributed by atoms with Crippen molar-refractivity contribution in [2.24, 2.45) is 0 Å². The molecule has 0 aliphatic heterocycles. The molecule has 0 radical (unpaired) electrons. The normalized spacial score (nSPS) is 9.87. The number of anilines is 1. The van der Waals surface area contributed by atoms with Crippen molar-refractivity contribution >= 4 is 27.7 Å². The number of carbonyl (C=O) groups is 1. The van der Waals surface area contributed by atoms with E-state index in [2.05, 4.69) is 21.2 Å². The Hall–Kier alpha value is -1.03. The lowest BCUT2D eigenvalue weighted by Gasteiger charge is -2.09. The SMILES string of the molecule is CCOC(=O)Nc1cc(C)c(Br)c(C)c1. The standard InChI is InChI=1S/C11H14BrNO2/c1-4-15-11(14)13-9-5-7(2)10(12)8(3)6-9/h5-6H,4H2,1-3H3,(H,13,14). The van der Waals surface area contributed by atoms with E-state index < -0.39 is 6.09 Å². The summed E-state index contributed by atoms with van der Waals surface area (Å²) in [7, 11) is 0. The number of rotatable bonds is 2. The molecular weight excluding hydrogens is 258 g/mol. The Morgan fingerprint density at radius 1 is 1.40 bits per heavy atom. The van der Waals surface area contributed by atoms with Gasteiger partial charge in [-0.15, -0.1) is 0 Å². The summed E-state index contributed by atoms with van der Waals surface area (Å²) in [5.41, 5.74) is 2.93. The Kier molecular flexibility index (Phi) is 4.15. The lowest BCUT2D eigenvalue weighted by Crippen LogP contribution is -2.13. The van der Waals surface area contributed by atoms with Gasteiger partial charge in [0, 0.05) is 10.2 Å². The number of benzene rings is 1. The fraction of sp³-hybridized carbons (Fsp3) is 0.364. The zero-order chi connectivity index (χ0) is 11.4. The fourth-order valence-electron chi connectivity index (χ4n) is 1.30. The van der Waals surface area contributed by atoms with E-state index in [4.69, 9.17) is 4.74 Å². The Morgan fingerprint density at radius 2 is 1.93 bits per heavy atom. The van der Waals surface area contributed by atoms with Gasteiger partial charge in [0.25, 0.3) is 0 Å². The summed E-state index contributed by atoms with van der Waals surface area (Å²) < 4.78 is 5.86. The van der Waals surface area contributed by atoms with Crippen LogP contribution in [-0.2, 0) is 4.74 Å². The van der Waals surface area contributed by atoms with Crippen molar-refractivity contribution in [3.05, 3.63) is 27.7 Å². The predicted octanol–water partition coefficient (Wildman–Crippen LogP) is 3.63. The number of amides is 1. The van der Waals surface area contributed by atoms with Crippen LogP contribution in [-0.4, -0.2) is 12.7 Å². The highest BCUT2D eigenvalue weighted by Gasteiger charge is 2.05. The zero-order valence-electron chi connectivity index (χ0n) is 9.06. The van der Waals surface area contributed by atoms with Crippen LogP contribution in [0, 0.1) is 13.8 Å². The van der Waals surface area contributed by atoms with Gasteiger partial charge in [0.15, 0.2) is 0 Å². The molecule has 0 spiro atoms. The fourth-order valence-corrected chi connectivity index (χ4v) is 1.53. The smallest absolute Gasteiger partial charge is 0.411 e. The molecule has 0 fully saturated rings. The molecule has 0 atom stereocenters. The third-order valence-corrected chi connectivity index (χ3v) is 3.21. The topological polar surface area (TPSA) is 38.3 Å². The minimum Gasteiger partial charge on any atom is -0.450 e. The molecule has 0 aromatic heterocycles. The van der Waals surface area contributed by atoms with Gasteiger partial charge in [0.2, 0.25) is 0 Å². The summed E-state index contributed by atoms with van der Waals surface area (Å²) in [5, 5.41) is 2.67. The highest BCUT2D eigenvalue weighted by molar-refractivity contribution is 9.10. The van der Waals surface area contributed by atoms with Gasteiger partial charge in [0.05, 0.1) is 6.61 Å². The third-order valence-electron chi connectivity index (χ3n) is 1.96. The number of nitrogens with one attached hydrogen (secondary N) is 1. The van der Waals surface area contributed by atoms with Crippen molar-refractivity contribution in [2.45, 2.75) is 20.8 Å². The summed E-state index contributed by atoms with van der Waals surface area (Å²) in [5.74, 6) is 0. The third kappa shape index (κ3) is 3.23. The molecular formula is C11H14BrNO2. The van der Waals surface area contributed by atoms with Crippen LogP contribution in [0.5, 0.6) is 0 Å². The first-order valence-electron chi connectivity index (χ1n) is 4.75. The minimum atomic E-state index is -0.418. The van der Waals surface area contributed by atoms with E-state index in [1.165, 1.54) is 0 Å². The molecule has 3 nitrogen and oxygen atoms in total. The van der Waals surface area contributed by atoms with Crippen LogP contribution in [0.3, 0.4) is 0 Å². The molecule has 0 saturated heterocycles. The van der Waals surface area contributed by atoms with Crippen LogP contribution in [0.15, 0.2) is 16.6 Å². The van der Waals surface area contributed by atoms with Crippen molar-refractivity contribution in [1.29, 1.82) is 0 Å². The molecule has 1 N–H and O–H groups in total. The van der Waals surface area contributed by atoms with E-state index in [-0.39, 0.29) is 0 Å². The van der Waals surface area contributed by atoms with Crippen LogP contribution in [0.25, 0.3) is 0 Å². The molecule has 0 aliphatic rings. The molecule has 0 unspecified atom stereocenters. The largest absolute Gasteiger partial charge is 0.450 e. The first kappa shape index (κ1) is 12.0. The maximum Gasteiger partial charge on any atom is 0.411 e. The Bertz CT molecular complexity index is 354. The first-order chi connectivity index (χ1) is 7.04. The lowest BCUT2D eigenvalue weighted by atomic mass is 10.1. The van der Waals surface area contributed by atoms with E-state index in [1.54, 1.807) is 6.92 Å². The summed E-state index contributed by atoms with van der Waals surface area (Å²) in [6.07, 6.45) is -0.418. The molecule has 4 heteroatoms. The van der Waals surface area contributed by atoms with Crippen LogP contribution < -0.4 is 5.32 Å². The van der Waals surface area contributed by atoms with Crippen LogP contribution in [0.4, 0.5) is 10.5 Å². The summed E-state index contributed by atoms with van der Waals surface area (Å²) in [4.78, 5) is 11.2. The number of hydrogen-bond acceptors (Lipinski definition) is 2. The molecule has 1 aromatic rings. The van der Waals surface area contributed by atoms with Gasteiger partial charge < -0.3 is 4.74 Å². The lowest BCUT2D eigenvalue weighted by molar-refractivity contribution is 0.168. The second-order valence-corrected chi connectivity index (χ2v) is 4.06. The number of ether oxygens (including phenoxy) is 1. The van der Waals surface area contributed by atoms with Crippen molar-refractivity contribution in [3.63, 3.8) is 0 Å².